The number of methoxy groups -OCH3 is 1. The van der Waals surface area contributed by atoms with Crippen molar-refractivity contribution in [2.45, 2.75) is 31.7 Å². The van der Waals surface area contributed by atoms with E-state index in [1.807, 2.05) is 30.3 Å². The number of rotatable bonds is 4. The van der Waals surface area contributed by atoms with Crippen LogP contribution < -0.4 is 20.5 Å². The number of nitrogens with zero attached hydrogens (tertiary/aromatic N) is 4. The number of nitrogens with one attached hydrogen (secondary N) is 1. The number of aliphatic imine (C=N–C) groups is 1. The Balaban J connectivity index is 1.47. The number of fused-ring (bicyclic) bond motifs is 5. The Labute approximate surface area is 208 Å². The molecule has 1 unspecified atom stereocenters. The average molecular weight is 483 g/mol. The van der Waals surface area contributed by atoms with Crippen LogP contribution in [-0.2, 0) is 10.3 Å². The van der Waals surface area contributed by atoms with Gasteiger partial charge in [-0.3, -0.25) is 4.98 Å². The third-order valence-corrected chi connectivity index (χ3v) is 6.66. The Morgan fingerprint density at radius 2 is 1.89 bits per heavy atom. The van der Waals surface area contributed by atoms with Crippen LogP contribution in [-0.4, -0.2) is 34.7 Å². The molecule has 3 N–H and O–H groups in total. The Bertz CT molecular complexity index is 1520. The second-order valence-corrected chi connectivity index (χ2v) is 9.21. The van der Waals surface area contributed by atoms with Gasteiger partial charge in [0.15, 0.2) is 11.6 Å². The molecule has 3 aromatic heterocycles. The fraction of sp³-hybridized carbons (Fsp3) is 0.259. The average Bonchev–Trinajstić information content (AvgIpc) is 2.89. The Kier molecular flexibility index (Phi) is 5.13. The normalized spacial score (nSPS) is 18.2. The molecule has 9 nitrogen and oxygen atoms in total. The van der Waals surface area contributed by atoms with Crippen LogP contribution in [0.4, 0.5) is 11.5 Å². The summed E-state index contributed by atoms with van der Waals surface area (Å²) in [6, 6.07) is 12.0. The van der Waals surface area contributed by atoms with Crippen LogP contribution in [0, 0.1) is 0 Å². The van der Waals surface area contributed by atoms with Gasteiger partial charge >= 0.3 is 0 Å². The topological polar surface area (TPSA) is 117 Å². The van der Waals surface area contributed by atoms with Crippen LogP contribution in [0.2, 0.25) is 0 Å². The minimum Gasteiger partial charge on any atom is -0.495 e. The van der Waals surface area contributed by atoms with Crippen LogP contribution in [0.5, 0.6) is 17.2 Å². The molecule has 2 aliphatic rings. The number of amidine groups is 1. The van der Waals surface area contributed by atoms with Crippen LogP contribution in [0.3, 0.4) is 0 Å². The molecular weight excluding hydrogens is 456 g/mol. The number of nitrogens with two attached hydrogens (primary N) is 1. The molecule has 6 rings (SSSR count). The van der Waals surface area contributed by atoms with E-state index >= 15 is 0 Å². The highest BCUT2D eigenvalue weighted by molar-refractivity contribution is 5.90. The first-order chi connectivity index (χ1) is 17.5. The lowest BCUT2D eigenvalue weighted by Crippen LogP contribution is -2.38. The summed E-state index contributed by atoms with van der Waals surface area (Å²) in [4.78, 5) is 18.6. The van der Waals surface area contributed by atoms with Gasteiger partial charge in [-0.15, -0.1) is 0 Å². The molecule has 182 valence electrons. The summed E-state index contributed by atoms with van der Waals surface area (Å²) >= 11 is 0. The van der Waals surface area contributed by atoms with Crippen LogP contribution in [0.1, 0.15) is 43.0 Å². The summed E-state index contributed by atoms with van der Waals surface area (Å²) in [6.45, 7) is 4.68. The fourth-order valence-corrected chi connectivity index (χ4v) is 4.81. The standard InChI is InChI=1S/C27H26N6O3/c1-15(2)21-12-20-23(14-30-21)36-22-5-4-17(11-19(22)27(20)7-9-35-26(28)33-27)32-25-24-16(6-8-29-25)10-18(34-3)13-31-24/h4-6,8,10-15H,7,9H2,1-3H3,(H2,28,33)(H,29,32). The lowest BCUT2D eigenvalue weighted by atomic mass is 9.77. The van der Waals surface area contributed by atoms with Crippen molar-refractivity contribution in [1.82, 2.24) is 15.0 Å². The van der Waals surface area contributed by atoms with Crippen LogP contribution in [0.15, 0.2) is 60.0 Å². The summed E-state index contributed by atoms with van der Waals surface area (Å²) in [5.41, 5.74) is 9.77. The number of hydrogen-bond donors (Lipinski definition) is 2. The van der Waals surface area contributed by atoms with Crippen molar-refractivity contribution in [2.75, 3.05) is 19.0 Å². The first-order valence-corrected chi connectivity index (χ1v) is 11.8. The van der Waals surface area contributed by atoms with Crippen molar-refractivity contribution in [3.8, 4) is 17.2 Å². The van der Waals surface area contributed by atoms with Gasteiger partial charge in [-0.1, -0.05) is 13.8 Å². The third kappa shape index (κ3) is 3.55. The van der Waals surface area contributed by atoms with E-state index in [1.54, 1.807) is 25.7 Å². The van der Waals surface area contributed by atoms with Gasteiger partial charge < -0.3 is 25.3 Å². The van der Waals surface area contributed by atoms with Gasteiger partial charge in [-0.2, -0.15) is 0 Å². The largest absolute Gasteiger partial charge is 0.495 e. The van der Waals surface area contributed by atoms with Crippen molar-refractivity contribution >= 4 is 28.4 Å². The Hall–Kier alpha value is -4.40. The highest BCUT2D eigenvalue weighted by Crippen LogP contribution is 2.52. The molecule has 0 amide bonds. The maximum atomic E-state index is 6.29. The van der Waals surface area contributed by atoms with E-state index in [4.69, 9.17) is 24.9 Å². The van der Waals surface area contributed by atoms with E-state index in [0.29, 0.717) is 36.1 Å². The third-order valence-electron chi connectivity index (χ3n) is 6.66. The quantitative estimate of drug-likeness (QED) is 0.418. The molecule has 5 heterocycles. The molecule has 9 heteroatoms. The number of aromatic nitrogens is 3. The summed E-state index contributed by atoms with van der Waals surface area (Å²) in [6.07, 6.45) is 5.83. The molecule has 0 saturated heterocycles. The maximum Gasteiger partial charge on any atom is 0.283 e. The van der Waals surface area contributed by atoms with E-state index in [2.05, 4.69) is 40.2 Å². The van der Waals surface area contributed by atoms with E-state index in [0.717, 1.165) is 33.4 Å². The number of benzene rings is 1. The highest BCUT2D eigenvalue weighted by Gasteiger charge is 2.45. The maximum absolute atomic E-state index is 6.29. The number of anilines is 2. The predicted molar refractivity (Wildman–Crippen MR) is 137 cm³/mol. The summed E-state index contributed by atoms with van der Waals surface area (Å²) in [5.74, 6) is 2.98. The van der Waals surface area contributed by atoms with Gasteiger partial charge in [-0.05, 0) is 42.3 Å². The number of pyridine rings is 3. The fourth-order valence-electron chi connectivity index (χ4n) is 4.81. The van der Waals surface area contributed by atoms with Gasteiger partial charge in [0, 0.05) is 40.5 Å². The second kappa shape index (κ2) is 8.37. The molecule has 4 aromatic rings. The highest BCUT2D eigenvalue weighted by atomic mass is 16.5. The van der Waals surface area contributed by atoms with Crippen LogP contribution in [0.25, 0.3) is 10.9 Å². The van der Waals surface area contributed by atoms with Gasteiger partial charge in [-0.25, -0.2) is 15.0 Å². The van der Waals surface area contributed by atoms with Gasteiger partial charge in [0.2, 0.25) is 0 Å². The zero-order chi connectivity index (χ0) is 24.9. The molecule has 1 atom stereocenters. The van der Waals surface area contributed by atoms with Gasteiger partial charge in [0.1, 0.15) is 22.6 Å². The minimum absolute atomic E-state index is 0.162. The first-order valence-electron chi connectivity index (χ1n) is 11.8. The van der Waals surface area contributed by atoms with Crippen molar-refractivity contribution in [1.29, 1.82) is 0 Å². The molecule has 36 heavy (non-hydrogen) atoms. The lowest BCUT2D eigenvalue weighted by Gasteiger charge is -2.39. The number of hydrogen-bond acceptors (Lipinski definition) is 9. The molecule has 0 bridgehead atoms. The molecule has 0 aliphatic carbocycles. The van der Waals surface area contributed by atoms with Crippen molar-refractivity contribution in [3.05, 3.63) is 71.8 Å². The molecule has 1 aromatic carbocycles. The van der Waals surface area contributed by atoms with E-state index in [1.165, 1.54) is 0 Å². The molecule has 0 saturated carbocycles. The van der Waals surface area contributed by atoms with Crippen molar-refractivity contribution in [2.24, 2.45) is 10.7 Å². The van der Waals surface area contributed by atoms with E-state index in [-0.39, 0.29) is 11.9 Å². The number of ether oxygens (including phenoxy) is 3. The molecule has 1 spiro atoms. The Morgan fingerprint density at radius 3 is 2.69 bits per heavy atom. The molecule has 0 radical (unpaired) electrons. The minimum atomic E-state index is -0.743. The monoisotopic (exact) mass is 482 g/mol. The SMILES string of the molecule is COc1cnc2c(Nc3ccc4c(c3)C3(CCOC(N)=N3)c3cc(C(C)C)ncc3O4)nccc2c1. The zero-order valence-corrected chi connectivity index (χ0v) is 20.3. The summed E-state index contributed by atoms with van der Waals surface area (Å²) in [5, 5.41) is 4.35. The second-order valence-electron chi connectivity index (χ2n) is 9.21. The Morgan fingerprint density at radius 1 is 1.03 bits per heavy atom. The zero-order valence-electron chi connectivity index (χ0n) is 20.3. The predicted octanol–water partition coefficient (Wildman–Crippen LogP) is 4.98. The van der Waals surface area contributed by atoms with Crippen molar-refractivity contribution < 1.29 is 14.2 Å². The van der Waals surface area contributed by atoms with E-state index < -0.39 is 5.54 Å². The molecule has 2 aliphatic heterocycles. The molecular formula is C27H26N6O3. The smallest absolute Gasteiger partial charge is 0.283 e. The summed E-state index contributed by atoms with van der Waals surface area (Å²) in [7, 11) is 1.62. The van der Waals surface area contributed by atoms with E-state index in [9.17, 15) is 0 Å². The van der Waals surface area contributed by atoms with Crippen molar-refractivity contribution in [3.63, 3.8) is 0 Å². The molecule has 0 fully saturated rings. The van der Waals surface area contributed by atoms with Gasteiger partial charge in [0.05, 0.1) is 26.1 Å². The summed E-state index contributed by atoms with van der Waals surface area (Å²) < 4.78 is 17.1. The lowest BCUT2D eigenvalue weighted by molar-refractivity contribution is 0.219. The first kappa shape index (κ1) is 22.1. The van der Waals surface area contributed by atoms with Crippen LogP contribution >= 0.6 is 0 Å². The van der Waals surface area contributed by atoms with Gasteiger partial charge in [0.25, 0.3) is 6.02 Å².